The van der Waals surface area contributed by atoms with Gasteiger partial charge < -0.3 is 11.1 Å². The van der Waals surface area contributed by atoms with Crippen molar-refractivity contribution >= 4 is 41.3 Å². The summed E-state index contributed by atoms with van der Waals surface area (Å²) in [6, 6.07) is 4.03. The highest BCUT2D eigenvalue weighted by atomic mass is 35.5. The predicted molar refractivity (Wildman–Crippen MR) is 78.5 cm³/mol. The zero-order chi connectivity index (χ0) is 12.4. The molecule has 1 aliphatic carbocycles. The molecule has 1 heterocycles. The van der Waals surface area contributed by atoms with Gasteiger partial charge in [-0.2, -0.15) is 0 Å². The number of amides is 1. The Hall–Kier alpha value is -0.290. The summed E-state index contributed by atoms with van der Waals surface area (Å²) in [5, 5.41) is 3.03. The molecule has 3 atom stereocenters. The Morgan fingerprint density at radius 1 is 1.56 bits per heavy atom. The predicted octanol–water partition coefficient (Wildman–Crippen LogP) is 3.13. The van der Waals surface area contributed by atoms with E-state index in [0.29, 0.717) is 0 Å². The van der Waals surface area contributed by atoms with Gasteiger partial charge in [-0.25, -0.2) is 0 Å². The van der Waals surface area contributed by atoms with Crippen molar-refractivity contribution in [1.82, 2.24) is 5.32 Å². The van der Waals surface area contributed by atoms with Gasteiger partial charge in [0.2, 0.25) is 5.91 Å². The molecule has 1 aliphatic rings. The number of carbonyl (C=O) groups excluding carboxylic acids is 1. The van der Waals surface area contributed by atoms with Gasteiger partial charge in [0.25, 0.3) is 0 Å². The summed E-state index contributed by atoms with van der Waals surface area (Å²) in [7, 11) is 0. The molecule has 102 valence electrons. The van der Waals surface area contributed by atoms with Crippen molar-refractivity contribution in [3.05, 3.63) is 21.3 Å². The number of thiophene rings is 1. The molecule has 3 unspecified atom stereocenters. The van der Waals surface area contributed by atoms with Crippen molar-refractivity contribution in [3.8, 4) is 0 Å². The van der Waals surface area contributed by atoms with Crippen molar-refractivity contribution < 1.29 is 4.79 Å². The average molecular weight is 309 g/mol. The molecule has 0 aromatic carbocycles. The Bertz CT molecular complexity index is 411. The molecule has 1 aromatic heterocycles. The van der Waals surface area contributed by atoms with Crippen LogP contribution in [0.3, 0.4) is 0 Å². The van der Waals surface area contributed by atoms with Gasteiger partial charge in [-0.3, -0.25) is 4.79 Å². The Morgan fingerprint density at radius 3 is 2.78 bits per heavy atom. The van der Waals surface area contributed by atoms with Crippen LogP contribution in [-0.4, -0.2) is 11.9 Å². The number of nitrogens with two attached hydrogens (primary N) is 1. The standard InChI is InChI=1S/C12H17ClN2OS.ClH/c1-7(10-4-5-11(13)17-10)15-12(16)8-2-3-9(14)6-8;/h4-5,7-9H,2-3,6,14H2,1H3,(H,15,16);1H. The third kappa shape index (κ3) is 3.85. The highest BCUT2D eigenvalue weighted by Crippen LogP contribution is 2.28. The van der Waals surface area contributed by atoms with Crippen LogP contribution in [0.15, 0.2) is 12.1 Å². The summed E-state index contributed by atoms with van der Waals surface area (Å²) in [6.45, 7) is 1.98. The number of carbonyl (C=O) groups is 1. The molecule has 6 heteroatoms. The molecule has 2 rings (SSSR count). The van der Waals surface area contributed by atoms with Gasteiger partial charge in [0.1, 0.15) is 0 Å². The molecular formula is C12H18Cl2N2OS. The Balaban J connectivity index is 0.00000162. The Labute approximate surface area is 122 Å². The zero-order valence-electron chi connectivity index (χ0n) is 10.2. The Morgan fingerprint density at radius 2 is 2.28 bits per heavy atom. The van der Waals surface area contributed by atoms with E-state index in [0.717, 1.165) is 28.5 Å². The van der Waals surface area contributed by atoms with Crippen molar-refractivity contribution in [1.29, 1.82) is 0 Å². The van der Waals surface area contributed by atoms with E-state index >= 15 is 0 Å². The minimum atomic E-state index is 0. The monoisotopic (exact) mass is 308 g/mol. The van der Waals surface area contributed by atoms with E-state index in [9.17, 15) is 4.79 Å². The van der Waals surface area contributed by atoms with Crippen LogP contribution in [0.5, 0.6) is 0 Å². The number of rotatable bonds is 3. The van der Waals surface area contributed by atoms with Crippen LogP contribution < -0.4 is 11.1 Å². The summed E-state index contributed by atoms with van der Waals surface area (Å²) >= 11 is 7.38. The van der Waals surface area contributed by atoms with Crippen LogP contribution >= 0.6 is 35.3 Å². The van der Waals surface area contributed by atoms with Gasteiger partial charge in [0, 0.05) is 16.8 Å². The van der Waals surface area contributed by atoms with Crippen LogP contribution in [0.1, 0.15) is 37.1 Å². The molecule has 0 saturated heterocycles. The molecule has 1 aromatic rings. The van der Waals surface area contributed by atoms with Gasteiger partial charge >= 0.3 is 0 Å². The topological polar surface area (TPSA) is 55.1 Å². The van der Waals surface area contributed by atoms with E-state index in [4.69, 9.17) is 17.3 Å². The van der Waals surface area contributed by atoms with Crippen LogP contribution in [-0.2, 0) is 4.79 Å². The van der Waals surface area contributed by atoms with Gasteiger partial charge in [-0.05, 0) is 38.3 Å². The van der Waals surface area contributed by atoms with Crippen LogP contribution in [0.4, 0.5) is 0 Å². The number of hydrogen-bond donors (Lipinski definition) is 2. The maximum Gasteiger partial charge on any atom is 0.223 e. The maximum absolute atomic E-state index is 12.0. The van der Waals surface area contributed by atoms with E-state index < -0.39 is 0 Å². The normalized spacial score (nSPS) is 24.4. The second-order valence-electron chi connectivity index (χ2n) is 4.64. The van der Waals surface area contributed by atoms with E-state index in [-0.39, 0.29) is 36.3 Å². The van der Waals surface area contributed by atoms with Crippen molar-refractivity contribution in [2.45, 2.75) is 38.3 Å². The highest BCUT2D eigenvalue weighted by Gasteiger charge is 2.28. The fourth-order valence-electron chi connectivity index (χ4n) is 2.22. The average Bonchev–Trinajstić information content (AvgIpc) is 2.87. The lowest BCUT2D eigenvalue weighted by Crippen LogP contribution is -2.32. The second-order valence-corrected chi connectivity index (χ2v) is 6.39. The third-order valence-corrected chi connectivity index (χ3v) is 4.64. The van der Waals surface area contributed by atoms with E-state index in [2.05, 4.69) is 5.32 Å². The summed E-state index contributed by atoms with van der Waals surface area (Å²) in [6.07, 6.45) is 2.67. The van der Waals surface area contributed by atoms with Crippen LogP contribution in [0.25, 0.3) is 0 Å². The van der Waals surface area contributed by atoms with Crippen molar-refractivity contribution in [3.63, 3.8) is 0 Å². The van der Waals surface area contributed by atoms with Gasteiger partial charge in [-0.1, -0.05) is 11.6 Å². The minimum Gasteiger partial charge on any atom is -0.349 e. The molecular weight excluding hydrogens is 291 g/mol. The van der Waals surface area contributed by atoms with Gasteiger partial charge in [0.15, 0.2) is 0 Å². The van der Waals surface area contributed by atoms with Crippen LogP contribution in [0.2, 0.25) is 4.34 Å². The number of hydrogen-bond acceptors (Lipinski definition) is 3. The SMILES string of the molecule is CC(NC(=O)C1CCC(N)C1)c1ccc(Cl)s1.Cl. The first-order valence-electron chi connectivity index (χ1n) is 5.87. The molecule has 18 heavy (non-hydrogen) atoms. The lowest BCUT2D eigenvalue weighted by atomic mass is 10.1. The minimum absolute atomic E-state index is 0. The lowest BCUT2D eigenvalue weighted by Gasteiger charge is -2.15. The van der Waals surface area contributed by atoms with Crippen molar-refractivity contribution in [2.24, 2.45) is 11.7 Å². The largest absolute Gasteiger partial charge is 0.349 e. The quantitative estimate of drug-likeness (QED) is 0.901. The zero-order valence-corrected chi connectivity index (χ0v) is 12.6. The smallest absolute Gasteiger partial charge is 0.223 e. The fraction of sp³-hybridized carbons (Fsp3) is 0.583. The maximum atomic E-state index is 12.0. The first kappa shape index (κ1) is 15.8. The second kappa shape index (κ2) is 6.75. The first-order valence-corrected chi connectivity index (χ1v) is 7.07. The molecule has 3 N–H and O–H groups in total. The molecule has 0 spiro atoms. The van der Waals surface area contributed by atoms with E-state index in [1.807, 2.05) is 19.1 Å². The number of halogens is 2. The summed E-state index contributed by atoms with van der Waals surface area (Å²) in [5.41, 5.74) is 5.81. The third-order valence-electron chi connectivity index (χ3n) is 3.22. The van der Waals surface area contributed by atoms with Crippen LogP contribution in [0, 0.1) is 5.92 Å². The molecule has 0 aliphatic heterocycles. The first-order chi connectivity index (χ1) is 8.06. The molecule has 1 saturated carbocycles. The van der Waals surface area contributed by atoms with Gasteiger partial charge in [-0.15, -0.1) is 23.7 Å². The highest BCUT2D eigenvalue weighted by molar-refractivity contribution is 7.16. The molecule has 0 radical (unpaired) electrons. The molecule has 1 fully saturated rings. The summed E-state index contributed by atoms with van der Waals surface area (Å²) < 4.78 is 0.754. The van der Waals surface area contributed by atoms with Gasteiger partial charge in [0.05, 0.1) is 10.4 Å². The van der Waals surface area contributed by atoms with E-state index in [1.165, 1.54) is 11.3 Å². The molecule has 0 bridgehead atoms. The lowest BCUT2D eigenvalue weighted by molar-refractivity contribution is -0.125. The summed E-state index contributed by atoms with van der Waals surface area (Å²) in [4.78, 5) is 13.1. The van der Waals surface area contributed by atoms with Crippen molar-refractivity contribution in [2.75, 3.05) is 0 Å². The number of nitrogens with one attached hydrogen (secondary N) is 1. The fourth-order valence-corrected chi connectivity index (χ4v) is 3.28. The Kier molecular flexibility index (Phi) is 5.92. The van der Waals surface area contributed by atoms with E-state index in [1.54, 1.807) is 0 Å². The molecule has 1 amide bonds. The molecule has 3 nitrogen and oxygen atoms in total. The summed E-state index contributed by atoms with van der Waals surface area (Å²) in [5.74, 6) is 0.206.